The molecule has 1 unspecified atom stereocenters. The summed E-state index contributed by atoms with van der Waals surface area (Å²) in [5.41, 5.74) is 0. The van der Waals surface area contributed by atoms with Gasteiger partial charge in [-0.15, -0.1) is 0 Å². The number of rotatable bonds is 4. The van der Waals surface area contributed by atoms with Crippen molar-refractivity contribution >= 4 is 0 Å². The largest absolute Gasteiger partial charge is 0.393 e. The molecule has 0 saturated heterocycles. The smallest absolute Gasteiger partial charge is 0.0596 e. The molecule has 1 atom stereocenters. The quantitative estimate of drug-likeness (QED) is 0.687. The average Bonchev–Trinajstić information content (AvgIpc) is 2.58. The zero-order valence-corrected chi connectivity index (χ0v) is 8.42. The van der Waals surface area contributed by atoms with Crippen molar-refractivity contribution in [2.24, 2.45) is 11.8 Å². The van der Waals surface area contributed by atoms with Gasteiger partial charge in [-0.25, -0.2) is 0 Å². The van der Waals surface area contributed by atoms with Crippen molar-refractivity contribution < 1.29 is 5.11 Å². The third-order valence-electron chi connectivity index (χ3n) is 3.41. The van der Waals surface area contributed by atoms with Gasteiger partial charge in [-0.05, 0) is 24.7 Å². The standard InChI is InChI=1S/C11H22O/c1-3-9(4-2)11(12)10-7-5-6-8-10/h9-12H,3-8H2,1-2H3. The van der Waals surface area contributed by atoms with Crippen LogP contribution in [0.25, 0.3) is 0 Å². The molecule has 1 fully saturated rings. The molecule has 0 spiro atoms. The molecule has 72 valence electrons. The first-order chi connectivity index (χ1) is 5.79. The Hall–Kier alpha value is -0.0400. The van der Waals surface area contributed by atoms with Gasteiger partial charge in [0.25, 0.3) is 0 Å². The summed E-state index contributed by atoms with van der Waals surface area (Å²) in [4.78, 5) is 0. The normalized spacial score (nSPS) is 22.0. The summed E-state index contributed by atoms with van der Waals surface area (Å²) in [5.74, 6) is 1.17. The minimum Gasteiger partial charge on any atom is -0.393 e. The van der Waals surface area contributed by atoms with E-state index in [0.29, 0.717) is 11.8 Å². The molecule has 0 aromatic rings. The van der Waals surface area contributed by atoms with Crippen molar-refractivity contribution in [3.63, 3.8) is 0 Å². The molecular weight excluding hydrogens is 148 g/mol. The van der Waals surface area contributed by atoms with Crippen LogP contribution in [0.4, 0.5) is 0 Å². The summed E-state index contributed by atoms with van der Waals surface area (Å²) in [5, 5.41) is 10.0. The van der Waals surface area contributed by atoms with E-state index < -0.39 is 0 Å². The van der Waals surface area contributed by atoms with Gasteiger partial charge in [0.05, 0.1) is 6.10 Å². The van der Waals surface area contributed by atoms with Gasteiger partial charge in [0.2, 0.25) is 0 Å². The summed E-state index contributed by atoms with van der Waals surface area (Å²) in [6.45, 7) is 4.37. The highest BCUT2D eigenvalue weighted by Crippen LogP contribution is 2.32. The second kappa shape index (κ2) is 4.86. The number of hydrogen-bond acceptors (Lipinski definition) is 1. The van der Waals surface area contributed by atoms with E-state index in [1.54, 1.807) is 0 Å². The van der Waals surface area contributed by atoms with Gasteiger partial charge in [0.15, 0.2) is 0 Å². The van der Waals surface area contributed by atoms with Gasteiger partial charge < -0.3 is 5.11 Å². The molecular formula is C11H22O. The van der Waals surface area contributed by atoms with Gasteiger partial charge >= 0.3 is 0 Å². The molecule has 0 aromatic carbocycles. The van der Waals surface area contributed by atoms with Crippen LogP contribution in [0.2, 0.25) is 0 Å². The van der Waals surface area contributed by atoms with Crippen LogP contribution < -0.4 is 0 Å². The van der Waals surface area contributed by atoms with Crippen LogP contribution >= 0.6 is 0 Å². The molecule has 0 bridgehead atoms. The lowest BCUT2D eigenvalue weighted by Crippen LogP contribution is -2.26. The van der Waals surface area contributed by atoms with E-state index in [0.717, 1.165) is 12.8 Å². The Morgan fingerprint density at radius 1 is 1.17 bits per heavy atom. The fraction of sp³-hybridized carbons (Fsp3) is 1.00. The zero-order chi connectivity index (χ0) is 8.97. The SMILES string of the molecule is CCC(CC)C(O)C1CCCC1. The van der Waals surface area contributed by atoms with E-state index >= 15 is 0 Å². The van der Waals surface area contributed by atoms with E-state index in [-0.39, 0.29) is 6.10 Å². The minimum absolute atomic E-state index is 0.0116. The first kappa shape index (κ1) is 10.0. The molecule has 1 heteroatoms. The van der Waals surface area contributed by atoms with Crippen LogP contribution in [0, 0.1) is 11.8 Å². The molecule has 0 aliphatic heterocycles. The fourth-order valence-electron chi connectivity index (χ4n) is 2.46. The first-order valence-corrected chi connectivity index (χ1v) is 5.47. The molecule has 12 heavy (non-hydrogen) atoms. The van der Waals surface area contributed by atoms with Crippen molar-refractivity contribution in [1.82, 2.24) is 0 Å². The van der Waals surface area contributed by atoms with E-state index in [4.69, 9.17) is 0 Å². The van der Waals surface area contributed by atoms with Crippen molar-refractivity contribution in [2.75, 3.05) is 0 Å². The van der Waals surface area contributed by atoms with Crippen molar-refractivity contribution in [3.05, 3.63) is 0 Å². The van der Waals surface area contributed by atoms with Crippen LogP contribution in [0.5, 0.6) is 0 Å². The summed E-state index contributed by atoms with van der Waals surface area (Å²) < 4.78 is 0. The van der Waals surface area contributed by atoms with Crippen molar-refractivity contribution in [2.45, 2.75) is 58.5 Å². The van der Waals surface area contributed by atoms with Gasteiger partial charge in [-0.3, -0.25) is 0 Å². The Kier molecular flexibility index (Phi) is 4.07. The minimum atomic E-state index is -0.0116. The summed E-state index contributed by atoms with van der Waals surface area (Å²) in [6.07, 6.45) is 7.45. The third kappa shape index (κ3) is 2.22. The van der Waals surface area contributed by atoms with Crippen molar-refractivity contribution in [3.8, 4) is 0 Å². The van der Waals surface area contributed by atoms with Gasteiger partial charge in [-0.1, -0.05) is 39.5 Å². The lowest BCUT2D eigenvalue weighted by Gasteiger charge is -2.25. The molecule has 0 heterocycles. The summed E-state index contributed by atoms with van der Waals surface area (Å²) in [6, 6.07) is 0. The molecule has 1 rings (SSSR count). The highest BCUT2D eigenvalue weighted by molar-refractivity contribution is 4.78. The van der Waals surface area contributed by atoms with Crippen LogP contribution in [-0.4, -0.2) is 11.2 Å². The zero-order valence-electron chi connectivity index (χ0n) is 8.42. The monoisotopic (exact) mass is 170 g/mol. The Balaban J connectivity index is 2.37. The predicted octanol–water partition coefficient (Wildman–Crippen LogP) is 2.97. The second-order valence-electron chi connectivity index (χ2n) is 4.11. The molecule has 1 aliphatic rings. The lowest BCUT2D eigenvalue weighted by atomic mass is 9.86. The van der Waals surface area contributed by atoms with E-state index in [1.165, 1.54) is 25.7 Å². The molecule has 0 aromatic heterocycles. The average molecular weight is 170 g/mol. The Bertz CT molecular complexity index is 110. The third-order valence-corrected chi connectivity index (χ3v) is 3.41. The highest BCUT2D eigenvalue weighted by atomic mass is 16.3. The lowest BCUT2D eigenvalue weighted by molar-refractivity contribution is 0.0489. The Labute approximate surface area is 76.2 Å². The van der Waals surface area contributed by atoms with E-state index in [9.17, 15) is 5.11 Å². The molecule has 1 saturated carbocycles. The number of aliphatic hydroxyl groups excluding tert-OH is 1. The highest BCUT2D eigenvalue weighted by Gasteiger charge is 2.27. The van der Waals surface area contributed by atoms with Crippen LogP contribution in [-0.2, 0) is 0 Å². The maximum absolute atomic E-state index is 10.0. The van der Waals surface area contributed by atoms with E-state index in [2.05, 4.69) is 13.8 Å². The second-order valence-corrected chi connectivity index (χ2v) is 4.11. The predicted molar refractivity (Wildman–Crippen MR) is 52.0 cm³/mol. The van der Waals surface area contributed by atoms with Gasteiger partial charge in [0.1, 0.15) is 0 Å². The van der Waals surface area contributed by atoms with Crippen LogP contribution in [0.3, 0.4) is 0 Å². The number of hydrogen-bond donors (Lipinski definition) is 1. The molecule has 1 nitrogen and oxygen atoms in total. The summed E-state index contributed by atoms with van der Waals surface area (Å²) >= 11 is 0. The Morgan fingerprint density at radius 2 is 1.67 bits per heavy atom. The van der Waals surface area contributed by atoms with Crippen LogP contribution in [0.1, 0.15) is 52.4 Å². The maximum atomic E-state index is 10.0. The topological polar surface area (TPSA) is 20.2 Å². The summed E-state index contributed by atoms with van der Waals surface area (Å²) in [7, 11) is 0. The molecule has 1 N–H and O–H groups in total. The maximum Gasteiger partial charge on any atom is 0.0596 e. The fourth-order valence-corrected chi connectivity index (χ4v) is 2.46. The first-order valence-electron chi connectivity index (χ1n) is 5.47. The molecule has 1 aliphatic carbocycles. The van der Waals surface area contributed by atoms with Crippen molar-refractivity contribution in [1.29, 1.82) is 0 Å². The van der Waals surface area contributed by atoms with Gasteiger partial charge in [0, 0.05) is 0 Å². The van der Waals surface area contributed by atoms with Gasteiger partial charge in [-0.2, -0.15) is 0 Å². The molecule has 0 radical (unpaired) electrons. The number of aliphatic hydroxyl groups is 1. The van der Waals surface area contributed by atoms with E-state index in [1.807, 2.05) is 0 Å². The molecule has 0 amide bonds. The van der Waals surface area contributed by atoms with Crippen LogP contribution in [0.15, 0.2) is 0 Å². The Morgan fingerprint density at radius 3 is 2.08 bits per heavy atom.